The van der Waals surface area contributed by atoms with E-state index in [1.54, 1.807) is 53.3 Å². The molecule has 1 aliphatic rings. The van der Waals surface area contributed by atoms with Gasteiger partial charge in [0.05, 0.1) is 43.1 Å². The van der Waals surface area contributed by atoms with E-state index in [1.807, 2.05) is 17.5 Å². The Kier molecular flexibility index (Phi) is 8.64. The van der Waals surface area contributed by atoms with Gasteiger partial charge in [-0.1, -0.05) is 30.0 Å². The van der Waals surface area contributed by atoms with Crippen LogP contribution in [0.25, 0.3) is 0 Å². The minimum atomic E-state index is -0.336. The maximum Gasteiger partial charge on any atom is 0.253 e. The Morgan fingerprint density at radius 2 is 1.83 bits per heavy atom. The van der Waals surface area contributed by atoms with Gasteiger partial charge in [0, 0.05) is 25.1 Å². The molecule has 1 atom stereocenters. The maximum absolute atomic E-state index is 13.6. The summed E-state index contributed by atoms with van der Waals surface area (Å²) in [5.74, 6) is 0.728. The lowest BCUT2D eigenvalue weighted by Crippen LogP contribution is -2.28. The number of aromatic nitrogens is 3. The first-order valence-corrected chi connectivity index (χ1v) is 14.4. The van der Waals surface area contributed by atoms with Crippen molar-refractivity contribution in [2.45, 2.75) is 24.2 Å². The molecule has 1 N–H and O–H groups in total. The molecule has 1 aliphatic heterocycles. The molecule has 212 valence electrons. The number of ether oxygens (including phenoxy) is 2. The van der Waals surface area contributed by atoms with Crippen LogP contribution >= 0.6 is 23.1 Å². The molecule has 2 aromatic carbocycles. The van der Waals surface area contributed by atoms with Gasteiger partial charge < -0.3 is 19.4 Å². The molecular formula is C28H27FN6O4S2. The van der Waals surface area contributed by atoms with Crippen LogP contribution in [0.1, 0.15) is 39.1 Å². The Bertz CT molecular complexity index is 1550. The maximum atomic E-state index is 13.6. The van der Waals surface area contributed by atoms with Crippen LogP contribution in [0.5, 0.6) is 11.5 Å². The average Bonchev–Trinajstić information content (AvgIpc) is 3.75. The first-order chi connectivity index (χ1) is 19.9. The Morgan fingerprint density at radius 3 is 2.49 bits per heavy atom. The van der Waals surface area contributed by atoms with Crippen molar-refractivity contribution in [2.24, 2.45) is 12.1 Å². The number of nitrogens with one attached hydrogen (secondary N) is 1. The average molecular weight is 595 g/mol. The molecule has 5 rings (SSSR count). The number of thiophene rings is 1. The summed E-state index contributed by atoms with van der Waals surface area (Å²) in [6, 6.07) is 14.6. The van der Waals surface area contributed by atoms with Gasteiger partial charge in [0.2, 0.25) is 0 Å². The molecule has 3 heterocycles. The number of hydrazone groups is 1. The SMILES string of the molecule is COc1cc(OC)cc(C(=O)NCc2nnc(SCC(=O)N3N=C(c4cccs4)C[C@H]3c3ccc(F)cc3)n2C)c1. The summed E-state index contributed by atoms with van der Waals surface area (Å²) < 4.78 is 25.8. The highest BCUT2D eigenvalue weighted by atomic mass is 32.2. The third kappa shape index (κ3) is 6.41. The molecule has 0 fully saturated rings. The van der Waals surface area contributed by atoms with Crippen molar-refractivity contribution in [3.05, 3.63) is 87.6 Å². The van der Waals surface area contributed by atoms with Crippen LogP contribution < -0.4 is 14.8 Å². The zero-order valence-electron chi connectivity index (χ0n) is 22.5. The molecule has 4 aromatic rings. The van der Waals surface area contributed by atoms with Crippen molar-refractivity contribution in [1.29, 1.82) is 0 Å². The van der Waals surface area contributed by atoms with E-state index in [1.165, 1.54) is 43.1 Å². The lowest BCUT2D eigenvalue weighted by molar-refractivity contribution is -0.130. The van der Waals surface area contributed by atoms with E-state index in [2.05, 4.69) is 20.6 Å². The predicted molar refractivity (Wildman–Crippen MR) is 154 cm³/mol. The molecule has 0 aliphatic carbocycles. The molecule has 0 saturated heterocycles. The minimum absolute atomic E-state index is 0.0703. The van der Waals surface area contributed by atoms with E-state index in [-0.39, 0.29) is 36.0 Å². The number of rotatable bonds is 10. The van der Waals surface area contributed by atoms with Crippen LogP contribution in [0, 0.1) is 5.82 Å². The third-order valence-electron chi connectivity index (χ3n) is 6.50. The van der Waals surface area contributed by atoms with Crippen molar-refractivity contribution >= 4 is 40.6 Å². The lowest BCUT2D eigenvalue weighted by atomic mass is 10.0. The van der Waals surface area contributed by atoms with Crippen molar-refractivity contribution < 1.29 is 23.5 Å². The fourth-order valence-corrected chi connectivity index (χ4v) is 5.80. The fraction of sp³-hybridized carbons (Fsp3) is 0.250. The first-order valence-electron chi connectivity index (χ1n) is 12.6. The Morgan fingerprint density at radius 1 is 1.10 bits per heavy atom. The second kappa shape index (κ2) is 12.5. The number of benzene rings is 2. The van der Waals surface area contributed by atoms with Crippen molar-refractivity contribution in [3.8, 4) is 11.5 Å². The van der Waals surface area contributed by atoms with E-state index >= 15 is 0 Å². The van der Waals surface area contributed by atoms with Gasteiger partial charge in [-0.05, 0) is 41.3 Å². The number of thioether (sulfide) groups is 1. The normalized spacial score (nSPS) is 14.6. The molecule has 0 bridgehead atoms. The predicted octanol–water partition coefficient (Wildman–Crippen LogP) is 4.43. The van der Waals surface area contributed by atoms with Crippen LogP contribution in [-0.2, 0) is 18.4 Å². The summed E-state index contributed by atoms with van der Waals surface area (Å²) in [6.07, 6.45) is 0.537. The second-order valence-corrected chi connectivity index (χ2v) is 11.0. The zero-order chi connectivity index (χ0) is 28.9. The molecule has 2 amide bonds. The smallest absolute Gasteiger partial charge is 0.253 e. The van der Waals surface area contributed by atoms with Gasteiger partial charge in [-0.2, -0.15) is 5.10 Å². The van der Waals surface area contributed by atoms with Gasteiger partial charge in [-0.25, -0.2) is 9.40 Å². The van der Waals surface area contributed by atoms with Gasteiger partial charge in [0.1, 0.15) is 17.3 Å². The van der Waals surface area contributed by atoms with Crippen molar-refractivity contribution in [3.63, 3.8) is 0 Å². The molecule has 0 radical (unpaired) electrons. The van der Waals surface area contributed by atoms with Crippen LogP contribution in [0.3, 0.4) is 0 Å². The number of halogens is 1. The van der Waals surface area contributed by atoms with Crippen LogP contribution in [-0.4, -0.2) is 57.3 Å². The van der Waals surface area contributed by atoms with E-state index in [0.717, 1.165) is 16.2 Å². The van der Waals surface area contributed by atoms with Gasteiger partial charge in [-0.15, -0.1) is 21.5 Å². The minimum Gasteiger partial charge on any atom is -0.497 e. The summed E-state index contributed by atoms with van der Waals surface area (Å²) in [7, 11) is 4.80. The molecule has 0 saturated carbocycles. The highest BCUT2D eigenvalue weighted by Crippen LogP contribution is 2.34. The Hall–Kier alpha value is -4.23. The molecule has 0 spiro atoms. The summed E-state index contributed by atoms with van der Waals surface area (Å²) in [5, 5.41) is 19.8. The number of methoxy groups -OCH3 is 2. The lowest BCUT2D eigenvalue weighted by Gasteiger charge is -2.21. The van der Waals surface area contributed by atoms with Gasteiger partial charge in [0.25, 0.3) is 11.8 Å². The van der Waals surface area contributed by atoms with E-state index in [0.29, 0.717) is 34.5 Å². The van der Waals surface area contributed by atoms with Crippen LogP contribution in [0.15, 0.2) is 70.2 Å². The largest absolute Gasteiger partial charge is 0.497 e. The summed E-state index contributed by atoms with van der Waals surface area (Å²) in [6.45, 7) is 0.129. The van der Waals surface area contributed by atoms with Gasteiger partial charge >= 0.3 is 0 Å². The number of carbonyl (C=O) groups excluding carboxylic acids is 2. The number of hydrogen-bond acceptors (Lipinski definition) is 9. The van der Waals surface area contributed by atoms with Crippen molar-refractivity contribution in [2.75, 3.05) is 20.0 Å². The highest BCUT2D eigenvalue weighted by molar-refractivity contribution is 7.99. The van der Waals surface area contributed by atoms with E-state index in [9.17, 15) is 14.0 Å². The fourth-order valence-electron chi connectivity index (χ4n) is 4.29. The molecule has 2 aromatic heterocycles. The molecule has 13 heteroatoms. The van der Waals surface area contributed by atoms with Crippen molar-refractivity contribution in [1.82, 2.24) is 25.1 Å². The molecular weight excluding hydrogens is 567 g/mol. The van der Waals surface area contributed by atoms with Crippen LogP contribution in [0.4, 0.5) is 4.39 Å². The zero-order valence-corrected chi connectivity index (χ0v) is 24.2. The standard InChI is InChI=1S/C28H27FN6O4S2/c1-34-25(15-30-27(37)18-11-20(38-2)13-21(12-18)39-3)31-32-28(34)41-16-26(36)35-23(17-6-8-19(29)9-7-17)14-22(33-35)24-5-4-10-40-24/h4-13,23H,14-16H2,1-3H3,(H,30,37)/t23-/m0/s1. The number of amides is 2. The monoisotopic (exact) mass is 594 g/mol. The van der Waals surface area contributed by atoms with Gasteiger partial charge in [0.15, 0.2) is 11.0 Å². The topological polar surface area (TPSA) is 111 Å². The summed E-state index contributed by atoms with van der Waals surface area (Å²) in [4.78, 5) is 27.1. The first kappa shape index (κ1) is 28.3. The quantitative estimate of drug-likeness (QED) is 0.271. The third-order valence-corrected chi connectivity index (χ3v) is 8.42. The highest BCUT2D eigenvalue weighted by Gasteiger charge is 2.33. The number of nitrogens with zero attached hydrogens (tertiary/aromatic N) is 5. The number of hydrogen-bond donors (Lipinski definition) is 1. The molecule has 0 unspecified atom stereocenters. The number of carbonyl (C=O) groups is 2. The summed E-state index contributed by atoms with van der Waals surface area (Å²) >= 11 is 2.79. The second-order valence-electron chi connectivity index (χ2n) is 9.06. The summed E-state index contributed by atoms with van der Waals surface area (Å²) in [5.41, 5.74) is 2.01. The Balaban J connectivity index is 1.24. The molecule has 10 nitrogen and oxygen atoms in total. The van der Waals surface area contributed by atoms with E-state index < -0.39 is 0 Å². The van der Waals surface area contributed by atoms with Gasteiger partial charge in [-0.3, -0.25) is 9.59 Å². The Labute approximate surface area is 244 Å². The molecule has 41 heavy (non-hydrogen) atoms. The van der Waals surface area contributed by atoms with E-state index in [4.69, 9.17) is 9.47 Å². The van der Waals surface area contributed by atoms with Crippen LogP contribution in [0.2, 0.25) is 0 Å².